The van der Waals surface area contributed by atoms with Crippen LogP contribution in [0.4, 0.5) is 11.4 Å². The number of methoxy groups -OCH3 is 1. The Morgan fingerprint density at radius 2 is 1.92 bits per heavy atom. The van der Waals surface area contributed by atoms with Crippen LogP contribution in [0.3, 0.4) is 0 Å². The van der Waals surface area contributed by atoms with Crippen molar-refractivity contribution in [3.05, 3.63) is 54.1 Å². The van der Waals surface area contributed by atoms with Crippen LogP contribution < -0.4 is 15.0 Å². The van der Waals surface area contributed by atoms with E-state index in [2.05, 4.69) is 16.3 Å². The second-order valence-corrected chi connectivity index (χ2v) is 6.11. The largest absolute Gasteiger partial charge is 0.497 e. The number of para-hydroxylation sites is 2. The molecule has 1 heterocycles. The normalized spacial score (nSPS) is 13.8. The molecule has 0 saturated carbocycles. The first-order chi connectivity index (χ1) is 11.8. The van der Waals surface area contributed by atoms with Gasteiger partial charge >= 0.3 is 0 Å². The number of carbonyl (C=O) groups is 1. The number of carbonyl (C=O) groups excluding carboxylic acids is 1. The lowest BCUT2D eigenvalue weighted by Crippen LogP contribution is -2.21. The summed E-state index contributed by atoms with van der Waals surface area (Å²) in [4.78, 5) is 14.7. The second-order valence-electron chi connectivity index (χ2n) is 6.11. The summed E-state index contributed by atoms with van der Waals surface area (Å²) in [7, 11) is 1.65. The minimum Gasteiger partial charge on any atom is -0.497 e. The number of hydrogen-bond acceptors (Lipinski definition) is 3. The van der Waals surface area contributed by atoms with Gasteiger partial charge in [-0.05, 0) is 49.1 Å². The molecular weight excluding hydrogens is 300 g/mol. The summed E-state index contributed by atoms with van der Waals surface area (Å²) in [6.07, 6.45) is 3.60. The van der Waals surface area contributed by atoms with Gasteiger partial charge in [0.2, 0.25) is 5.91 Å². The molecule has 24 heavy (non-hydrogen) atoms. The zero-order valence-corrected chi connectivity index (χ0v) is 14.1. The lowest BCUT2D eigenvalue weighted by atomic mass is 10.1. The fourth-order valence-corrected chi connectivity index (χ4v) is 3.11. The predicted molar refractivity (Wildman–Crippen MR) is 97.8 cm³/mol. The molecule has 1 aliphatic rings. The summed E-state index contributed by atoms with van der Waals surface area (Å²) in [5.41, 5.74) is 3.15. The number of nitrogens with one attached hydrogen (secondary N) is 1. The quantitative estimate of drug-likeness (QED) is 0.877. The third-order valence-corrected chi connectivity index (χ3v) is 4.40. The van der Waals surface area contributed by atoms with E-state index < -0.39 is 0 Å². The SMILES string of the molecule is COc1cccc(CCC(=O)Nc2ccccc2N2CCCC2)c1. The van der Waals surface area contributed by atoms with Gasteiger partial charge in [0, 0.05) is 19.5 Å². The third kappa shape index (κ3) is 4.07. The van der Waals surface area contributed by atoms with Crippen molar-refractivity contribution in [2.45, 2.75) is 25.7 Å². The van der Waals surface area contributed by atoms with Gasteiger partial charge in [0.05, 0.1) is 18.5 Å². The Labute approximate surface area is 143 Å². The highest BCUT2D eigenvalue weighted by Gasteiger charge is 2.16. The highest BCUT2D eigenvalue weighted by molar-refractivity contribution is 5.94. The maximum absolute atomic E-state index is 12.3. The molecule has 0 spiro atoms. The first kappa shape index (κ1) is 16.4. The van der Waals surface area contributed by atoms with E-state index in [-0.39, 0.29) is 5.91 Å². The molecule has 0 aromatic heterocycles. The Hall–Kier alpha value is -2.49. The number of hydrogen-bond donors (Lipinski definition) is 1. The van der Waals surface area contributed by atoms with Crippen LogP contribution in [0.1, 0.15) is 24.8 Å². The molecule has 1 N–H and O–H groups in total. The van der Waals surface area contributed by atoms with E-state index in [0.717, 1.165) is 35.8 Å². The molecule has 2 aromatic carbocycles. The zero-order chi connectivity index (χ0) is 16.8. The minimum absolute atomic E-state index is 0.0458. The number of ether oxygens (including phenoxy) is 1. The molecule has 126 valence electrons. The molecule has 0 radical (unpaired) electrons. The Bertz CT molecular complexity index is 694. The predicted octanol–water partition coefficient (Wildman–Crippen LogP) is 3.87. The van der Waals surface area contributed by atoms with Crippen LogP contribution in [0, 0.1) is 0 Å². The monoisotopic (exact) mass is 324 g/mol. The first-order valence-corrected chi connectivity index (χ1v) is 8.53. The van der Waals surface area contributed by atoms with Gasteiger partial charge in [-0.15, -0.1) is 0 Å². The molecule has 1 fully saturated rings. The maximum Gasteiger partial charge on any atom is 0.224 e. The van der Waals surface area contributed by atoms with Gasteiger partial charge in [-0.3, -0.25) is 4.79 Å². The molecule has 0 unspecified atom stereocenters. The lowest BCUT2D eigenvalue weighted by molar-refractivity contribution is -0.116. The number of rotatable bonds is 6. The van der Waals surface area contributed by atoms with Gasteiger partial charge in [-0.1, -0.05) is 24.3 Å². The summed E-state index contributed by atoms with van der Waals surface area (Å²) in [5, 5.41) is 3.07. The molecule has 1 aliphatic heterocycles. The van der Waals surface area contributed by atoms with Crippen LogP contribution in [0.5, 0.6) is 5.75 Å². The van der Waals surface area contributed by atoms with Crippen molar-refractivity contribution in [3.8, 4) is 5.75 Å². The van der Waals surface area contributed by atoms with Gasteiger partial charge in [-0.2, -0.15) is 0 Å². The van der Waals surface area contributed by atoms with Crippen molar-refractivity contribution in [3.63, 3.8) is 0 Å². The molecule has 3 rings (SSSR count). The maximum atomic E-state index is 12.3. The van der Waals surface area contributed by atoms with Crippen LogP contribution in [-0.4, -0.2) is 26.1 Å². The summed E-state index contributed by atoms with van der Waals surface area (Å²) >= 11 is 0. The summed E-state index contributed by atoms with van der Waals surface area (Å²) in [6.45, 7) is 2.13. The van der Waals surface area contributed by atoms with Crippen molar-refractivity contribution in [1.82, 2.24) is 0 Å². The smallest absolute Gasteiger partial charge is 0.224 e. The van der Waals surface area contributed by atoms with Gasteiger partial charge < -0.3 is 15.0 Å². The topological polar surface area (TPSA) is 41.6 Å². The van der Waals surface area contributed by atoms with E-state index in [1.807, 2.05) is 42.5 Å². The Morgan fingerprint density at radius 3 is 2.71 bits per heavy atom. The summed E-state index contributed by atoms with van der Waals surface area (Å²) in [5.74, 6) is 0.872. The standard InChI is InChI=1S/C20H24N2O2/c1-24-17-8-6-7-16(15-17)11-12-20(23)21-18-9-2-3-10-19(18)22-13-4-5-14-22/h2-3,6-10,15H,4-5,11-14H2,1H3,(H,21,23). The fourth-order valence-electron chi connectivity index (χ4n) is 3.11. The minimum atomic E-state index is 0.0458. The van der Waals surface area contributed by atoms with E-state index in [1.165, 1.54) is 12.8 Å². The Morgan fingerprint density at radius 1 is 1.12 bits per heavy atom. The number of anilines is 2. The van der Waals surface area contributed by atoms with Gasteiger partial charge in [-0.25, -0.2) is 0 Å². The number of nitrogens with zero attached hydrogens (tertiary/aromatic N) is 1. The highest BCUT2D eigenvalue weighted by atomic mass is 16.5. The van der Waals surface area contributed by atoms with E-state index >= 15 is 0 Å². The molecular formula is C20H24N2O2. The lowest BCUT2D eigenvalue weighted by Gasteiger charge is -2.21. The van der Waals surface area contributed by atoms with Crippen molar-refractivity contribution in [2.24, 2.45) is 0 Å². The van der Waals surface area contributed by atoms with Gasteiger partial charge in [0.25, 0.3) is 0 Å². The number of aryl methyl sites for hydroxylation is 1. The average molecular weight is 324 g/mol. The molecule has 0 bridgehead atoms. The van der Waals surface area contributed by atoms with Crippen LogP contribution in [0.15, 0.2) is 48.5 Å². The van der Waals surface area contributed by atoms with Gasteiger partial charge in [0.1, 0.15) is 5.75 Å². The van der Waals surface area contributed by atoms with E-state index in [4.69, 9.17) is 4.74 Å². The molecule has 1 saturated heterocycles. The number of amides is 1. The van der Waals surface area contributed by atoms with Crippen molar-refractivity contribution >= 4 is 17.3 Å². The molecule has 4 nitrogen and oxygen atoms in total. The summed E-state index contributed by atoms with van der Waals surface area (Å²) < 4.78 is 5.22. The van der Waals surface area contributed by atoms with Crippen LogP contribution in [0.25, 0.3) is 0 Å². The van der Waals surface area contributed by atoms with Crippen molar-refractivity contribution in [1.29, 1.82) is 0 Å². The van der Waals surface area contributed by atoms with E-state index in [0.29, 0.717) is 12.8 Å². The Balaban J connectivity index is 1.60. The summed E-state index contributed by atoms with van der Waals surface area (Å²) in [6, 6.07) is 15.9. The average Bonchev–Trinajstić information content (AvgIpc) is 3.15. The van der Waals surface area contributed by atoms with Crippen molar-refractivity contribution < 1.29 is 9.53 Å². The molecule has 1 amide bonds. The third-order valence-electron chi connectivity index (χ3n) is 4.40. The number of benzene rings is 2. The van der Waals surface area contributed by atoms with Crippen molar-refractivity contribution in [2.75, 3.05) is 30.4 Å². The molecule has 4 heteroatoms. The second kappa shape index (κ2) is 7.86. The Kier molecular flexibility index (Phi) is 5.36. The van der Waals surface area contributed by atoms with Crippen LogP contribution in [-0.2, 0) is 11.2 Å². The molecule has 0 aliphatic carbocycles. The molecule has 0 atom stereocenters. The van der Waals surface area contributed by atoms with Crippen LogP contribution >= 0.6 is 0 Å². The zero-order valence-electron chi connectivity index (χ0n) is 14.1. The first-order valence-electron chi connectivity index (χ1n) is 8.53. The van der Waals surface area contributed by atoms with E-state index in [1.54, 1.807) is 7.11 Å². The van der Waals surface area contributed by atoms with E-state index in [9.17, 15) is 4.79 Å². The highest BCUT2D eigenvalue weighted by Crippen LogP contribution is 2.28. The van der Waals surface area contributed by atoms with Gasteiger partial charge in [0.15, 0.2) is 0 Å². The van der Waals surface area contributed by atoms with Crippen LogP contribution in [0.2, 0.25) is 0 Å². The molecule has 2 aromatic rings. The fraction of sp³-hybridized carbons (Fsp3) is 0.350.